The Kier molecular flexibility index (Phi) is 7.07. The highest BCUT2D eigenvalue weighted by Gasteiger charge is 2.26. The van der Waals surface area contributed by atoms with E-state index in [0.29, 0.717) is 5.92 Å². The van der Waals surface area contributed by atoms with E-state index in [4.69, 9.17) is 0 Å². The molecule has 3 aromatic carbocycles. The second kappa shape index (κ2) is 9.97. The van der Waals surface area contributed by atoms with Gasteiger partial charge in [0, 0.05) is 5.92 Å². The van der Waals surface area contributed by atoms with Crippen LogP contribution in [0.1, 0.15) is 61.6 Å². The Hall–Kier alpha value is -2.34. The Morgan fingerprint density at radius 3 is 1.62 bits per heavy atom. The molecule has 0 aromatic heterocycles. The number of unbranched alkanes of at least 4 members (excludes halogenated alkanes) is 3. The first-order valence-electron chi connectivity index (χ1n) is 9.92. The molecule has 0 saturated heterocycles. The van der Waals surface area contributed by atoms with Crippen molar-refractivity contribution in [2.24, 2.45) is 0 Å². The maximum Gasteiger partial charge on any atom is 0.0414 e. The molecule has 0 saturated carbocycles. The lowest BCUT2D eigenvalue weighted by Gasteiger charge is -2.28. The van der Waals surface area contributed by atoms with Crippen LogP contribution in [0.2, 0.25) is 0 Å². The minimum Gasteiger partial charge on any atom is -0.0654 e. The summed E-state index contributed by atoms with van der Waals surface area (Å²) in [6.45, 7) is 2.28. The Balaban J connectivity index is 1.98. The molecule has 0 fully saturated rings. The molecule has 0 heterocycles. The number of hydrogen-bond donors (Lipinski definition) is 0. The molecule has 133 valence electrons. The zero-order valence-electron chi connectivity index (χ0n) is 15.8. The topological polar surface area (TPSA) is 0 Å². The summed E-state index contributed by atoms with van der Waals surface area (Å²) in [6.07, 6.45) is 6.40. The van der Waals surface area contributed by atoms with E-state index in [1.807, 2.05) is 0 Å². The van der Waals surface area contributed by atoms with E-state index in [2.05, 4.69) is 97.9 Å². The van der Waals surface area contributed by atoms with Gasteiger partial charge in [-0.05, 0) is 29.0 Å². The molecule has 0 N–H and O–H groups in total. The molecule has 0 heteroatoms. The van der Waals surface area contributed by atoms with Crippen molar-refractivity contribution >= 4 is 0 Å². The van der Waals surface area contributed by atoms with Gasteiger partial charge in [-0.1, -0.05) is 124 Å². The van der Waals surface area contributed by atoms with Crippen LogP contribution in [-0.2, 0) is 0 Å². The van der Waals surface area contributed by atoms with Crippen molar-refractivity contribution in [3.8, 4) is 0 Å². The average Bonchev–Trinajstić information content (AvgIpc) is 2.72. The second-order valence-corrected chi connectivity index (χ2v) is 6.96. The molecule has 0 nitrogen and oxygen atoms in total. The molecule has 1 radical (unpaired) electrons. The summed E-state index contributed by atoms with van der Waals surface area (Å²) in [7, 11) is 0. The molecule has 0 aliphatic carbocycles. The summed E-state index contributed by atoms with van der Waals surface area (Å²) in [5.74, 6) is 1.88. The second-order valence-electron chi connectivity index (χ2n) is 6.96. The molecule has 26 heavy (non-hydrogen) atoms. The molecule has 0 aliphatic heterocycles. The molecule has 0 amide bonds. The molecular weight excluding hydrogens is 312 g/mol. The van der Waals surface area contributed by atoms with E-state index >= 15 is 0 Å². The normalized spacial score (nSPS) is 12.2. The highest BCUT2D eigenvalue weighted by atomic mass is 14.3. The summed E-state index contributed by atoms with van der Waals surface area (Å²) in [5.41, 5.74) is 4.10. The van der Waals surface area contributed by atoms with Crippen LogP contribution in [0.4, 0.5) is 0 Å². The number of hydrogen-bond acceptors (Lipinski definition) is 0. The molecule has 3 aromatic rings. The summed E-state index contributed by atoms with van der Waals surface area (Å²) in [4.78, 5) is 0. The summed E-state index contributed by atoms with van der Waals surface area (Å²) in [5, 5.41) is 0. The van der Waals surface area contributed by atoms with Gasteiger partial charge in [0.1, 0.15) is 0 Å². The quantitative estimate of drug-likeness (QED) is 0.355. The molecule has 1 unspecified atom stereocenters. The molecule has 1 atom stereocenters. The van der Waals surface area contributed by atoms with Gasteiger partial charge in [0.25, 0.3) is 0 Å². The van der Waals surface area contributed by atoms with Crippen molar-refractivity contribution < 1.29 is 0 Å². The first-order valence-corrected chi connectivity index (χ1v) is 9.92. The van der Waals surface area contributed by atoms with Crippen LogP contribution in [0, 0.1) is 5.92 Å². The average molecular weight is 342 g/mol. The zero-order valence-corrected chi connectivity index (χ0v) is 15.8. The van der Waals surface area contributed by atoms with E-state index in [1.54, 1.807) is 0 Å². The van der Waals surface area contributed by atoms with Crippen molar-refractivity contribution in [3.63, 3.8) is 0 Å². The minimum atomic E-state index is 0.429. The standard InChI is InChI=1S/C26H29/c1-2-3-4-14-21-25(22-15-8-5-9-16-22)26(23-17-10-6-11-18-23)24-19-12-7-13-20-24/h5-13,15-20,25H,2-4,14,21H2,1H3. The number of benzene rings is 3. The smallest absolute Gasteiger partial charge is 0.0414 e. The van der Waals surface area contributed by atoms with Crippen molar-refractivity contribution in [1.29, 1.82) is 0 Å². The van der Waals surface area contributed by atoms with Gasteiger partial charge >= 0.3 is 0 Å². The van der Waals surface area contributed by atoms with Crippen LogP contribution in [0.25, 0.3) is 0 Å². The van der Waals surface area contributed by atoms with Gasteiger partial charge in [-0.2, -0.15) is 0 Å². The fourth-order valence-electron chi connectivity index (χ4n) is 3.74. The van der Waals surface area contributed by atoms with Crippen molar-refractivity contribution in [3.05, 3.63) is 114 Å². The monoisotopic (exact) mass is 341 g/mol. The van der Waals surface area contributed by atoms with E-state index in [1.165, 1.54) is 54.7 Å². The largest absolute Gasteiger partial charge is 0.0654 e. The lowest BCUT2D eigenvalue weighted by Crippen LogP contribution is -2.14. The van der Waals surface area contributed by atoms with Gasteiger partial charge in [-0.15, -0.1) is 0 Å². The lowest BCUT2D eigenvalue weighted by atomic mass is 9.75. The first kappa shape index (κ1) is 18.5. The summed E-state index contributed by atoms with van der Waals surface area (Å²) < 4.78 is 0. The van der Waals surface area contributed by atoms with Crippen LogP contribution in [-0.4, -0.2) is 0 Å². The Bertz CT molecular complexity index is 691. The Morgan fingerprint density at radius 1 is 0.615 bits per heavy atom. The molecule has 3 rings (SSSR count). The van der Waals surface area contributed by atoms with E-state index in [9.17, 15) is 0 Å². The molecular formula is C26H29. The highest BCUT2D eigenvalue weighted by Crippen LogP contribution is 2.40. The van der Waals surface area contributed by atoms with Crippen LogP contribution < -0.4 is 0 Å². The predicted molar refractivity (Wildman–Crippen MR) is 112 cm³/mol. The van der Waals surface area contributed by atoms with Gasteiger partial charge < -0.3 is 0 Å². The third kappa shape index (κ3) is 4.85. The predicted octanol–water partition coefficient (Wildman–Crippen LogP) is 7.41. The van der Waals surface area contributed by atoms with Crippen molar-refractivity contribution in [1.82, 2.24) is 0 Å². The van der Waals surface area contributed by atoms with Gasteiger partial charge in [0.2, 0.25) is 0 Å². The molecule has 0 aliphatic rings. The van der Waals surface area contributed by atoms with Gasteiger partial charge in [0.05, 0.1) is 0 Å². The van der Waals surface area contributed by atoms with Crippen LogP contribution in [0.5, 0.6) is 0 Å². The lowest BCUT2D eigenvalue weighted by molar-refractivity contribution is 0.575. The fourth-order valence-corrected chi connectivity index (χ4v) is 3.74. The van der Waals surface area contributed by atoms with Crippen LogP contribution in [0.3, 0.4) is 0 Å². The van der Waals surface area contributed by atoms with E-state index in [-0.39, 0.29) is 0 Å². The van der Waals surface area contributed by atoms with Gasteiger partial charge in [-0.3, -0.25) is 0 Å². The third-order valence-corrected chi connectivity index (χ3v) is 5.07. The van der Waals surface area contributed by atoms with Gasteiger partial charge in [0.15, 0.2) is 0 Å². The van der Waals surface area contributed by atoms with Crippen LogP contribution >= 0.6 is 0 Å². The van der Waals surface area contributed by atoms with E-state index < -0.39 is 0 Å². The van der Waals surface area contributed by atoms with Crippen molar-refractivity contribution in [2.75, 3.05) is 0 Å². The van der Waals surface area contributed by atoms with Crippen molar-refractivity contribution in [2.45, 2.75) is 44.9 Å². The van der Waals surface area contributed by atoms with Crippen LogP contribution in [0.15, 0.2) is 91.0 Å². The summed E-state index contributed by atoms with van der Waals surface area (Å²) in [6, 6.07) is 32.8. The minimum absolute atomic E-state index is 0.429. The Morgan fingerprint density at radius 2 is 1.12 bits per heavy atom. The zero-order chi connectivity index (χ0) is 18.0. The Labute approximate surface area is 158 Å². The third-order valence-electron chi connectivity index (χ3n) is 5.07. The first-order chi connectivity index (χ1) is 12.9. The van der Waals surface area contributed by atoms with E-state index in [0.717, 1.165) is 0 Å². The molecule has 0 bridgehead atoms. The summed E-state index contributed by atoms with van der Waals surface area (Å²) >= 11 is 0. The highest BCUT2D eigenvalue weighted by molar-refractivity contribution is 5.51. The molecule has 0 spiro atoms. The maximum absolute atomic E-state index is 2.29. The number of rotatable bonds is 9. The fraction of sp³-hybridized carbons (Fsp3) is 0.269. The SMILES string of the molecule is CCCCCCC([C](c1ccccc1)c1ccccc1)c1ccccc1. The maximum atomic E-state index is 2.29. The van der Waals surface area contributed by atoms with Gasteiger partial charge in [-0.25, -0.2) is 0 Å².